The molecule has 0 aliphatic carbocycles. The summed E-state index contributed by atoms with van der Waals surface area (Å²) in [5.41, 5.74) is 3.36. The number of ether oxygens (including phenoxy) is 1. The van der Waals surface area contributed by atoms with Gasteiger partial charge in [-0.3, -0.25) is 4.99 Å². The molecule has 27 heavy (non-hydrogen) atoms. The third kappa shape index (κ3) is 5.19. The Morgan fingerprint density at radius 2 is 1.56 bits per heavy atom. The van der Waals surface area contributed by atoms with Crippen LogP contribution in [0.1, 0.15) is 15.9 Å². The van der Waals surface area contributed by atoms with Crippen LogP contribution in [0.5, 0.6) is 5.75 Å². The number of esters is 1. The van der Waals surface area contributed by atoms with E-state index >= 15 is 0 Å². The van der Waals surface area contributed by atoms with E-state index in [2.05, 4.69) is 4.99 Å². The van der Waals surface area contributed by atoms with Crippen molar-refractivity contribution in [2.24, 2.45) is 4.99 Å². The molecule has 0 aliphatic rings. The van der Waals surface area contributed by atoms with E-state index in [1.165, 1.54) is 0 Å². The number of aliphatic imine (C=N–C) groups is 1. The number of anilines is 1. The third-order valence-corrected chi connectivity index (χ3v) is 4.15. The molecular formula is C22H19ClN2O2. The molecule has 0 bridgehead atoms. The average Bonchev–Trinajstić information content (AvgIpc) is 2.68. The van der Waals surface area contributed by atoms with Gasteiger partial charge in [-0.25, -0.2) is 4.79 Å². The first-order chi connectivity index (χ1) is 13.0. The number of carbonyl (C=O) groups is 1. The van der Waals surface area contributed by atoms with E-state index in [-0.39, 0.29) is 0 Å². The van der Waals surface area contributed by atoms with Crippen molar-refractivity contribution in [1.29, 1.82) is 0 Å². The summed E-state index contributed by atoms with van der Waals surface area (Å²) in [6.45, 7) is 0. The largest absolute Gasteiger partial charge is 0.423 e. The van der Waals surface area contributed by atoms with Crippen LogP contribution in [-0.2, 0) is 0 Å². The zero-order valence-electron chi connectivity index (χ0n) is 15.1. The van der Waals surface area contributed by atoms with Gasteiger partial charge in [0.15, 0.2) is 0 Å². The highest BCUT2D eigenvalue weighted by Gasteiger charge is 2.08. The number of rotatable bonds is 5. The highest BCUT2D eigenvalue weighted by Crippen LogP contribution is 2.19. The lowest BCUT2D eigenvalue weighted by Gasteiger charge is -2.11. The Labute approximate surface area is 163 Å². The SMILES string of the molecule is CN(C)c1ccc(N=Cc2ccc(OC(=O)c3ccc(Cl)cc3)cc2)cc1. The van der Waals surface area contributed by atoms with Gasteiger partial charge in [0.2, 0.25) is 0 Å². The second-order valence-corrected chi connectivity index (χ2v) is 6.57. The van der Waals surface area contributed by atoms with Gasteiger partial charge in [0.05, 0.1) is 11.3 Å². The van der Waals surface area contributed by atoms with Crippen LogP contribution in [0.3, 0.4) is 0 Å². The van der Waals surface area contributed by atoms with Crippen molar-refractivity contribution >= 4 is 35.2 Å². The molecule has 0 heterocycles. The predicted molar refractivity (Wildman–Crippen MR) is 111 cm³/mol. The molecule has 4 nitrogen and oxygen atoms in total. The summed E-state index contributed by atoms with van der Waals surface area (Å²) in [6, 6.07) is 21.7. The predicted octanol–water partition coefficient (Wildman–Crippen LogP) is 5.38. The maximum Gasteiger partial charge on any atom is 0.343 e. The first-order valence-corrected chi connectivity index (χ1v) is 8.78. The van der Waals surface area contributed by atoms with Gasteiger partial charge in [0.1, 0.15) is 5.75 Å². The zero-order valence-corrected chi connectivity index (χ0v) is 15.9. The first-order valence-electron chi connectivity index (χ1n) is 8.40. The van der Waals surface area contributed by atoms with Crippen LogP contribution in [0.4, 0.5) is 11.4 Å². The number of hydrogen-bond acceptors (Lipinski definition) is 4. The van der Waals surface area contributed by atoms with Crippen LogP contribution in [0.2, 0.25) is 5.02 Å². The van der Waals surface area contributed by atoms with E-state index in [4.69, 9.17) is 16.3 Å². The topological polar surface area (TPSA) is 41.9 Å². The van der Waals surface area contributed by atoms with E-state index in [0.717, 1.165) is 16.9 Å². The quantitative estimate of drug-likeness (QED) is 0.340. The Morgan fingerprint density at radius 1 is 0.926 bits per heavy atom. The molecule has 0 N–H and O–H groups in total. The zero-order chi connectivity index (χ0) is 19.2. The third-order valence-electron chi connectivity index (χ3n) is 3.90. The van der Waals surface area contributed by atoms with Gasteiger partial charge in [-0.15, -0.1) is 0 Å². The number of benzene rings is 3. The van der Waals surface area contributed by atoms with Crippen molar-refractivity contribution in [1.82, 2.24) is 0 Å². The minimum Gasteiger partial charge on any atom is -0.423 e. The molecule has 3 aromatic carbocycles. The standard InChI is InChI=1S/C22H19ClN2O2/c1-25(2)20-11-9-19(10-12-20)24-15-16-3-13-21(14-4-16)27-22(26)17-5-7-18(23)8-6-17/h3-15H,1-2H3. The van der Waals surface area contributed by atoms with Gasteiger partial charge < -0.3 is 9.64 Å². The summed E-state index contributed by atoms with van der Waals surface area (Å²) in [4.78, 5) is 18.6. The fraction of sp³-hybridized carbons (Fsp3) is 0.0909. The molecule has 0 spiro atoms. The van der Waals surface area contributed by atoms with E-state index in [0.29, 0.717) is 16.3 Å². The molecule has 0 saturated carbocycles. The van der Waals surface area contributed by atoms with Crippen molar-refractivity contribution in [2.45, 2.75) is 0 Å². The molecule has 3 aromatic rings. The van der Waals surface area contributed by atoms with Crippen LogP contribution in [0.25, 0.3) is 0 Å². The minimum atomic E-state index is -0.422. The summed E-state index contributed by atoms with van der Waals surface area (Å²) in [6.07, 6.45) is 1.77. The maximum absolute atomic E-state index is 12.1. The van der Waals surface area contributed by atoms with Gasteiger partial charge in [0, 0.05) is 31.0 Å². The Hall–Kier alpha value is -3.11. The van der Waals surface area contributed by atoms with E-state index in [1.807, 2.05) is 55.4 Å². The Bertz CT molecular complexity index is 932. The maximum atomic E-state index is 12.1. The van der Waals surface area contributed by atoms with Crippen LogP contribution in [0, 0.1) is 0 Å². The van der Waals surface area contributed by atoms with Crippen LogP contribution in [0.15, 0.2) is 77.8 Å². The van der Waals surface area contributed by atoms with Gasteiger partial charge >= 0.3 is 5.97 Å². The molecule has 0 atom stereocenters. The van der Waals surface area contributed by atoms with Crippen molar-refractivity contribution in [3.05, 3.63) is 88.9 Å². The van der Waals surface area contributed by atoms with Crippen molar-refractivity contribution in [3.63, 3.8) is 0 Å². The summed E-state index contributed by atoms with van der Waals surface area (Å²) in [5.74, 6) is 0.0523. The highest BCUT2D eigenvalue weighted by molar-refractivity contribution is 6.30. The smallest absolute Gasteiger partial charge is 0.343 e. The molecule has 0 unspecified atom stereocenters. The van der Waals surface area contributed by atoms with Gasteiger partial charge in [-0.1, -0.05) is 11.6 Å². The highest BCUT2D eigenvalue weighted by atomic mass is 35.5. The van der Waals surface area contributed by atoms with Crippen molar-refractivity contribution < 1.29 is 9.53 Å². The number of carbonyl (C=O) groups excluding carboxylic acids is 1. The average molecular weight is 379 g/mol. The summed E-state index contributed by atoms with van der Waals surface area (Å²) < 4.78 is 5.36. The van der Waals surface area contributed by atoms with Gasteiger partial charge in [-0.2, -0.15) is 0 Å². The van der Waals surface area contributed by atoms with Gasteiger partial charge in [0.25, 0.3) is 0 Å². The monoisotopic (exact) mass is 378 g/mol. The molecule has 0 amide bonds. The summed E-state index contributed by atoms with van der Waals surface area (Å²) >= 11 is 5.82. The molecule has 0 aliphatic heterocycles. The Balaban J connectivity index is 1.62. The summed E-state index contributed by atoms with van der Waals surface area (Å²) in [5, 5.41) is 0.576. The van der Waals surface area contributed by atoms with Crippen molar-refractivity contribution in [3.8, 4) is 5.75 Å². The lowest BCUT2D eigenvalue weighted by atomic mass is 10.2. The Morgan fingerprint density at radius 3 is 2.15 bits per heavy atom. The first kappa shape index (κ1) is 18.7. The second kappa shape index (κ2) is 8.52. The molecule has 0 aromatic heterocycles. The fourth-order valence-electron chi connectivity index (χ4n) is 2.36. The normalized spacial score (nSPS) is 10.8. The molecular weight excluding hydrogens is 360 g/mol. The van der Waals surface area contributed by atoms with Gasteiger partial charge in [-0.05, 0) is 78.4 Å². The molecule has 0 saturated heterocycles. The Kier molecular flexibility index (Phi) is 5.89. The second-order valence-electron chi connectivity index (χ2n) is 6.13. The molecule has 3 rings (SSSR count). The fourth-order valence-corrected chi connectivity index (χ4v) is 2.49. The summed E-state index contributed by atoms with van der Waals surface area (Å²) in [7, 11) is 4.00. The minimum absolute atomic E-state index is 0.422. The lowest BCUT2D eigenvalue weighted by molar-refractivity contribution is 0.0735. The lowest BCUT2D eigenvalue weighted by Crippen LogP contribution is -2.08. The molecule has 0 radical (unpaired) electrons. The van der Waals surface area contributed by atoms with E-state index in [1.54, 1.807) is 42.6 Å². The number of nitrogens with zero attached hydrogens (tertiary/aromatic N) is 2. The molecule has 0 fully saturated rings. The molecule has 5 heteroatoms. The number of hydrogen-bond donors (Lipinski definition) is 0. The van der Waals surface area contributed by atoms with E-state index in [9.17, 15) is 4.79 Å². The number of halogens is 1. The molecule has 136 valence electrons. The van der Waals surface area contributed by atoms with E-state index < -0.39 is 5.97 Å². The van der Waals surface area contributed by atoms with Crippen molar-refractivity contribution in [2.75, 3.05) is 19.0 Å². The van der Waals surface area contributed by atoms with Crippen LogP contribution in [-0.4, -0.2) is 26.3 Å². The van der Waals surface area contributed by atoms with Crippen LogP contribution < -0.4 is 9.64 Å². The van der Waals surface area contributed by atoms with Crippen LogP contribution >= 0.6 is 11.6 Å².